The topological polar surface area (TPSA) is 58.6 Å². The van der Waals surface area contributed by atoms with E-state index in [-0.39, 0.29) is 18.2 Å². The largest absolute Gasteiger partial charge is 0.508 e. The molecule has 0 atom stereocenters. The summed E-state index contributed by atoms with van der Waals surface area (Å²) >= 11 is 6.09. The normalized spacial score (nSPS) is 10.1. The van der Waals surface area contributed by atoms with Gasteiger partial charge in [0.25, 0.3) is 5.91 Å². The summed E-state index contributed by atoms with van der Waals surface area (Å²) in [5, 5.41) is 12.6. The van der Waals surface area contributed by atoms with Crippen molar-refractivity contribution in [2.75, 3.05) is 7.11 Å². The highest BCUT2D eigenvalue weighted by atomic mass is 35.5. The Morgan fingerprint density at radius 3 is 2.75 bits per heavy atom. The fourth-order valence-electron chi connectivity index (χ4n) is 1.82. The average Bonchev–Trinajstić information content (AvgIpc) is 2.45. The molecule has 2 rings (SSSR count). The smallest absolute Gasteiger partial charge is 0.251 e. The molecule has 20 heavy (non-hydrogen) atoms. The number of hydrogen-bond donors (Lipinski definition) is 2. The summed E-state index contributed by atoms with van der Waals surface area (Å²) in [7, 11) is 1.55. The van der Waals surface area contributed by atoms with Crippen LogP contribution in [0, 0.1) is 0 Å². The number of carbonyl (C=O) groups is 1. The number of ether oxygens (including phenoxy) is 1. The van der Waals surface area contributed by atoms with Crippen LogP contribution in [-0.2, 0) is 6.54 Å². The van der Waals surface area contributed by atoms with Crippen LogP contribution in [0.1, 0.15) is 15.9 Å². The number of halogens is 1. The van der Waals surface area contributed by atoms with Crippen molar-refractivity contribution in [2.24, 2.45) is 0 Å². The molecule has 0 unspecified atom stereocenters. The van der Waals surface area contributed by atoms with Crippen LogP contribution in [0.2, 0.25) is 5.02 Å². The molecular weight excluding hydrogens is 278 g/mol. The van der Waals surface area contributed by atoms with Gasteiger partial charge >= 0.3 is 0 Å². The zero-order valence-corrected chi connectivity index (χ0v) is 11.6. The third-order valence-electron chi connectivity index (χ3n) is 2.83. The van der Waals surface area contributed by atoms with Crippen molar-refractivity contribution < 1.29 is 14.6 Å². The number of nitrogens with one attached hydrogen (secondary N) is 1. The van der Waals surface area contributed by atoms with E-state index < -0.39 is 0 Å². The first-order chi connectivity index (χ1) is 9.61. The summed E-state index contributed by atoms with van der Waals surface area (Å²) in [4.78, 5) is 12.0. The fourth-order valence-corrected chi connectivity index (χ4v) is 2.05. The molecule has 0 aliphatic carbocycles. The maximum Gasteiger partial charge on any atom is 0.251 e. The number of phenols is 1. The number of aromatic hydroxyl groups is 1. The lowest BCUT2D eigenvalue weighted by molar-refractivity contribution is 0.0950. The number of carbonyl (C=O) groups excluding carboxylic acids is 1. The van der Waals surface area contributed by atoms with Gasteiger partial charge in [-0.2, -0.15) is 0 Å². The molecule has 0 saturated carbocycles. The maximum atomic E-state index is 12.0. The first-order valence-electron chi connectivity index (χ1n) is 6.00. The van der Waals surface area contributed by atoms with Gasteiger partial charge in [-0.15, -0.1) is 0 Å². The Hall–Kier alpha value is -2.20. The molecule has 2 N–H and O–H groups in total. The third-order valence-corrected chi connectivity index (χ3v) is 3.18. The van der Waals surface area contributed by atoms with Gasteiger partial charge in [0.15, 0.2) is 0 Å². The van der Waals surface area contributed by atoms with E-state index in [4.69, 9.17) is 16.3 Å². The molecule has 2 aromatic carbocycles. The number of amides is 1. The lowest BCUT2D eigenvalue weighted by Crippen LogP contribution is -2.23. The van der Waals surface area contributed by atoms with Gasteiger partial charge in [0.2, 0.25) is 0 Å². The molecular formula is C15H14ClNO3. The molecule has 5 heteroatoms. The van der Waals surface area contributed by atoms with Crippen molar-refractivity contribution in [3.63, 3.8) is 0 Å². The Bertz CT molecular complexity index is 628. The Kier molecular flexibility index (Phi) is 4.48. The average molecular weight is 292 g/mol. The summed E-state index contributed by atoms with van der Waals surface area (Å²) < 4.78 is 5.21. The Labute approximate surface area is 122 Å². The molecule has 0 heterocycles. The third kappa shape index (κ3) is 3.22. The van der Waals surface area contributed by atoms with Crippen LogP contribution in [-0.4, -0.2) is 18.1 Å². The highest BCUT2D eigenvalue weighted by molar-refractivity contribution is 6.31. The van der Waals surface area contributed by atoms with Crippen LogP contribution in [0.3, 0.4) is 0 Å². The SMILES string of the molecule is COc1cccc(Cl)c1CNC(=O)c1cccc(O)c1. The molecule has 0 aliphatic rings. The first-order valence-corrected chi connectivity index (χ1v) is 6.38. The standard InChI is InChI=1S/C15H14ClNO3/c1-20-14-7-3-6-13(16)12(14)9-17-15(19)10-4-2-5-11(18)8-10/h2-8,18H,9H2,1H3,(H,17,19). The van der Waals surface area contributed by atoms with Gasteiger partial charge < -0.3 is 15.2 Å². The minimum Gasteiger partial charge on any atom is -0.508 e. The Balaban J connectivity index is 2.11. The molecule has 0 radical (unpaired) electrons. The van der Waals surface area contributed by atoms with E-state index in [1.54, 1.807) is 37.4 Å². The zero-order chi connectivity index (χ0) is 14.5. The van der Waals surface area contributed by atoms with Crippen molar-refractivity contribution in [2.45, 2.75) is 6.54 Å². The maximum absolute atomic E-state index is 12.0. The van der Waals surface area contributed by atoms with Gasteiger partial charge in [0, 0.05) is 22.7 Å². The summed E-state index contributed by atoms with van der Waals surface area (Å²) in [6.45, 7) is 0.247. The van der Waals surface area contributed by atoms with Crippen molar-refractivity contribution in [1.82, 2.24) is 5.32 Å². The predicted octanol–water partition coefficient (Wildman–Crippen LogP) is 2.98. The van der Waals surface area contributed by atoms with Gasteiger partial charge in [-0.1, -0.05) is 23.7 Å². The lowest BCUT2D eigenvalue weighted by atomic mass is 10.1. The lowest BCUT2D eigenvalue weighted by Gasteiger charge is -2.11. The number of hydrogen-bond acceptors (Lipinski definition) is 3. The van der Waals surface area contributed by atoms with Gasteiger partial charge in [-0.25, -0.2) is 0 Å². The summed E-state index contributed by atoms with van der Waals surface area (Å²) in [6, 6.07) is 11.4. The van der Waals surface area contributed by atoms with Crippen molar-refractivity contribution in [3.05, 3.63) is 58.6 Å². The summed E-state index contributed by atoms with van der Waals surface area (Å²) in [6.07, 6.45) is 0. The van der Waals surface area contributed by atoms with Crippen LogP contribution in [0.25, 0.3) is 0 Å². The highest BCUT2D eigenvalue weighted by Gasteiger charge is 2.10. The fraction of sp³-hybridized carbons (Fsp3) is 0.133. The Morgan fingerprint density at radius 2 is 2.05 bits per heavy atom. The number of phenolic OH excluding ortho intramolecular Hbond substituents is 1. The van der Waals surface area contributed by atoms with Crippen molar-refractivity contribution in [3.8, 4) is 11.5 Å². The van der Waals surface area contributed by atoms with Crippen LogP contribution in [0.5, 0.6) is 11.5 Å². The van der Waals surface area contributed by atoms with E-state index in [1.807, 2.05) is 0 Å². The minimum absolute atomic E-state index is 0.0491. The van der Waals surface area contributed by atoms with E-state index in [0.717, 1.165) is 0 Å². The second kappa shape index (κ2) is 6.30. The number of benzene rings is 2. The Morgan fingerprint density at radius 1 is 1.30 bits per heavy atom. The zero-order valence-electron chi connectivity index (χ0n) is 10.9. The van der Waals surface area contributed by atoms with Crippen LogP contribution >= 0.6 is 11.6 Å². The molecule has 0 aromatic heterocycles. The second-order valence-electron chi connectivity index (χ2n) is 4.15. The van der Waals surface area contributed by atoms with E-state index in [2.05, 4.69) is 5.32 Å². The summed E-state index contributed by atoms with van der Waals surface area (Å²) in [5.41, 5.74) is 1.10. The molecule has 0 spiro atoms. The number of rotatable bonds is 4. The molecule has 104 valence electrons. The molecule has 0 fully saturated rings. The molecule has 4 nitrogen and oxygen atoms in total. The summed E-state index contributed by atoms with van der Waals surface area (Å²) in [5.74, 6) is 0.379. The molecule has 2 aromatic rings. The van der Waals surface area contributed by atoms with E-state index in [9.17, 15) is 9.90 Å². The molecule has 0 aliphatic heterocycles. The van der Waals surface area contributed by atoms with E-state index >= 15 is 0 Å². The quantitative estimate of drug-likeness (QED) is 0.910. The minimum atomic E-state index is -0.289. The molecule has 0 saturated heterocycles. The van der Waals surface area contributed by atoms with Crippen LogP contribution in [0.15, 0.2) is 42.5 Å². The molecule has 0 bridgehead atoms. The van der Waals surface area contributed by atoms with Gasteiger partial charge in [-0.3, -0.25) is 4.79 Å². The van der Waals surface area contributed by atoms with E-state index in [1.165, 1.54) is 12.1 Å². The number of methoxy groups -OCH3 is 1. The van der Waals surface area contributed by atoms with Crippen LogP contribution in [0.4, 0.5) is 0 Å². The first kappa shape index (κ1) is 14.2. The monoisotopic (exact) mass is 291 g/mol. The van der Waals surface area contributed by atoms with Gasteiger partial charge in [0.1, 0.15) is 11.5 Å². The highest BCUT2D eigenvalue weighted by Crippen LogP contribution is 2.26. The van der Waals surface area contributed by atoms with Crippen molar-refractivity contribution >= 4 is 17.5 Å². The van der Waals surface area contributed by atoms with Gasteiger partial charge in [0.05, 0.1) is 7.11 Å². The van der Waals surface area contributed by atoms with E-state index in [0.29, 0.717) is 21.9 Å². The second-order valence-corrected chi connectivity index (χ2v) is 4.56. The van der Waals surface area contributed by atoms with Gasteiger partial charge in [-0.05, 0) is 30.3 Å². The predicted molar refractivity (Wildman–Crippen MR) is 77.3 cm³/mol. The van der Waals surface area contributed by atoms with Crippen molar-refractivity contribution in [1.29, 1.82) is 0 Å². The van der Waals surface area contributed by atoms with Crippen LogP contribution < -0.4 is 10.1 Å². The molecule has 1 amide bonds.